The van der Waals surface area contributed by atoms with Crippen LogP contribution in [0.2, 0.25) is 5.02 Å². The first kappa shape index (κ1) is 26.7. The second kappa shape index (κ2) is 9.87. The molecule has 0 aromatic heterocycles. The predicted octanol–water partition coefficient (Wildman–Crippen LogP) is 3.59. The van der Waals surface area contributed by atoms with Crippen molar-refractivity contribution in [2.24, 2.45) is 11.8 Å². The SMILES string of the molecule is CC[C@@H](CO)N1C(=O)[C@@H]2[C@@H]3C(=O)N(c4ccccc4)CC=C[C@]3(C)O[C@@]23C=CCN(c2ccccc2Cl)C(=O)C13. The first-order valence-electron chi connectivity index (χ1n) is 13.7. The number of fused-ring (bicyclic) bond motifs is 2. The Bertz CT molecular complexity index is 1410. The lowest BCUT2D eigenvalue weighted by Crippen LogP contribution is -2.58. The summed E-state index contributed by atoms with van der Waals surface area (Å²) in [6.07, 6.45) is 7.80. The zero-order valence-corrected chi connectivity index (χ0v) is 23.2. The van der Waals surface area contributed by atoms with Crippen molar-refractivity contribution in [2.45, 2.75) is 43.6 Å². The molecule has 4 aliphatic heterocycles. The Kier molecular flexibility index (Phi) is 6.60. The smallest absolute Gasteiger partial charge is 0.253 e. The van der Waals surface area contributed by atoms with Crippen LogP contribution in [-0.2, 0) is 19.1 Å². The third kappa shape index (κ3) is 3.77. The highest BCUT2D eigenvalue weighted by Gasteiger charge is 2.75. The maximum Gasteiger partial charge on any atom is 0.253 e. The summed E-state index contributed by atoms with van der Waals surface area (Å²) in [6, 6.07) is 14.7. The number of carbonyl (C=O) groups is 3. The topological polar surface area (TPSA) is 90.4 Å². The predicted molar refractivity (Wildman–Crippen MR) is 152 cm³/mol. The third-order valence-electron chi connectivity index (χ3n) is 8.78. The Morgan fingerprint density at radius 2 is 1.60 bits per heavy atom. The number of aliphatic hydroxyl groups is 1. The van der Waals surface area contributed by atoms with Gasteiger partial charge in [-0.15, -0.1) is 0 Å². The number of halogens is 1. The van der Waals surface area contributed by atoms with Crippen LogP contribution < -0.4 is 9.80 Å². The molecule has 40 heavy (non-hydrogen) atoms. The van der Waals surface area contributed by atoms with Gasteiger partial charge < -0.3 is 24.5 Å². The van der Waals surface area contributed by atoms with E-state index in [4.69, 9.17) is 16.3 Å². The van der Waals surface area contributed by atoms with E-state index in [-0.39, 0.29) is 30.9 Å². The van der Waals surface area contributed by atoms with E-state index in [0.29, 0.717) is 23.7 Å². The van der Waals surface area contributed by atoms with Crippen molar-refractivity contribution in [1.29, 1.82) is 0 Å². The molecule has 2 aromatic rings. The van der Waals surface area contributed by atoms with E-state index in [9.17, 15) is 19.5 Å². The fourth-order valence-corrected chi connectivity index (χ4v) is 7.23. The van der Waals surface area contributed by atoms with Gasteiger partial charge in [0.25, 0.3) is 5.91 Å². The van der Waals surface area contributed by atoms with Gasteiger partial charge in [-0.05, 0) is 37.6 Å². The Morgan fingerprint density at radius 1 is 0.925 bits per heavy atom. The Labute approximate surface area is 238 Å². The van der Waals surface area contributed by atoms with Gasteiger partial charge in [0, 0.05) is 18.8 Å². The van der Waals surface area contributed by atoms with Gasteiger partial charge in [-0.2, -0.15) is 0 Å². The first-order valence-corrected chi connectivity index (χ1v) is 14.1. The number of hydrogen-bond donors (Lipinski definition) is 1. The van der Waals surface area contributed by atoms with Crippen LogP contribution in [0.1, 0.15) is 20.3 Å². The number of anilines is 2. The molecule has 6 atom stereocenters. The molecule has 0 saturated carbocycles. The molecule has 208 valence electrons. The lowest BCUT2D eigenvalue weighted by atomic mass is 9.74. The van der Waals surface area contributed by atoms with E-state index >= 15 is 0 Å². The van der Waals surface area contributed by atoms with E-state index in [1.54, 1.807) is 40.1 Å². The third-order valence-corrected chi connectivity index (χ3v) is 9.10. The molecular weight excluding hydrogens is 530 g/mol. The van der Waals surface area contributed by atoms with Gasteiger partial charge >= 0.3 is 0 Å². The summed E-state index contributed by atoms with van der Waals surface area (Å²) in [5.74, 6) is -2.81. The quantitative estimate of drug-likeness (QED) is 0.564. The molecule has 0 bridgehead atoms. The number of nitrogens with zero attached hydrogens (tertiary/aromatic N) is 3. The highest BCUT2D eigenvalue weighted by atomic mass is 35.5. The lowest BCUT2D eigenvalue weighted by molar-refractivity contribution is -0.148. The summed E-state index contributed by atoms with van der Waals surface area (Å²) in [5, 5.41) is 10.7. The van der Waals surface area contributed by atoms with Gasteiger partial charge in [-0.3, -0.25) is 14.4 Å². The number of amides is 3. The van der Waals surface area contributed by atoms with Gasteiger partial charge in [0.1, 0.15) is 11.6 Å². The largest absolute Gasteiger partial charge is 0.394 e. The van der Waals surface area contributed by atoms with Gasteiger partial charge in [0.2, 0.25) is 11.8 Å². The summed E-state index contributed by atoms with van der Waals surface area (Å²) in [4.78, 5) is 48.0. The number of benzene rings is 2. The average molecular weight is 562 g/mol. The zero-order chi connectivity index (χ0) is 28.2. The minimum Gasteiger partial charge on any atom is -0.394 e. The minimum atomic E-state index is -1.41. The van der Waals surface area contributed by atoms with Crippen LogP contribution >= 0.6 is 11.6 Å². The maximum absolute atomic E-state index is 14.5. The molecule has 4 aliphatic rings. The second-order valence-corrected chi connectivity index (χ2v) is 11.4. The first-order chi connectivity index (χ1) is 19.3. The summed E-state index contributed by atoms with van der Waals surface area (Å²) in [7, 11) is 0. The molecule has 1 spiro atoms. The Balaban J connectivity index is 1.51. The van der Waals surface area contributed by atoms with Crippen LogP contribution in [0.15, 0.2) is 78.9 Å². The monoisotopic (exact) mass is 561 g/mol. The van der Waals surface area contributed by atoms with Crippen molar-refractivity contribution in [1.82, 2.24) is 4.90 Å². The molecule has 2 fully saturated rings. The van der Waals surface area contributed by atoms with E-state index in [1.165, 1.54) is 4.90 Å². The van der Waals surface area contributed by atoms with Crippen LogP contribution in [0.4, 0.5) is 11.4 Å². The lowest BCUT2D eigenvalue weighted by Gasteiger charge is -2.40. The number of aliphatic hydroxyl groups excluding tert-OH is 1. The standard InChI is InChI=1S/C31H32ClN3O5/c1-3-20(19-36)35-26-29(39)34(23-14-8-7-13-22(23)32)18-10-16-31(26)25(28(35)38)24-27(37)33(21-11-5-4-6-12-21)17-9-15-30(24,2)40-31/h4-16,20,24-26,36H,3,17-19H2,1-2H3/t20-,24+,25-,26?,30-,31-/m0/s1. The van der Waals surface area contributed by atoms with Crippen molar-refractivity contribution >= 4 is 40.7 Å². The molecule has 0 radical (unpaired) electrons. The molecule has 4 heterocycles. The second-order valence-electron chi connectivity index (χ2n) is 11.0. The fourth-order valence-electron chi connectivity index (χ4n) is 6.99. The Morgan fingerprint density at radius 3 is 2.30 bits per heavy atom. The summed E-state index contributed by atoms with van der Waals surface area (Å²) in [5.41, 5.74) is -1.30. The molecule has 9 heteroatoms. The van der Waals surface area contributed by atoms with E-state index < -0.39 is 35.1 Å². The van der Waals surface area contributed by atoms with Crippen LogP contribution in [-0.4, -0.2) is 70.7 Å². The highest BCUT2D eigenvalue weighted by Crippen LogP contribution is 2.58. The van der Waals surface area contributed by atoms with Crippen molar-refractivity contribution in [3.8, 4) is 0 Å². The van der Waals surface area contributed by atoms with Crippen molar-refractivity contribution in [3.63, 3.8) is 0 Å². The van der Waals surface area contributed by atoms with E-state index in [0.717, 1.165) is 5.69 Å². The number of likely N-dealkylation sites (tertiary alicyclic amines) is 1. The summed E-state index contributed by atoms with van der Waals surface area (Å²) in [6.45, 7) is 3.91. The van der Waals surface area contributed by atoms with Gasteiger partial charge in [0.05, 0.1) is 40.8 Å². The van der Waals surface area contributed by atoms with Crippen LogP contribution in [0.3, 0.4) is 0 Å². The number of hydrogen-bond acceptors (Lipinski definition) is 5. The average Bonchev–Trinajstić information content (AvgIpc) is 3.22. The van der Waals surface area contributed by atoms with Crippen molar-refractivity contribution in [3.05, 3.63) is 83.9 Å². The molecule has 2 aromatic carbocycles. The molecule has 0 aliphatic carbocycles. The number of ether oxygens (including phenoxy) is 1. The van der Waals surface area contributed by atoms with Gasteiger partial charge in [0.15, 0.2) is 0 Å². The normalized spacial score (nSPS) is 32.0. The summed E-state index contributed by atoms with van der Waals surface area (Å²) < 4.78 is 6.86. The molecule has 6 rings (SSSR count). The molecule has 2 saturated heterocycles. The van der Waals surface area contributed by atoms with Crippen molar-refractivity contribution in [2.75, 3.05) is 29.5 Å². The Hall–Kier alpha value is -3.46. The van der Waals surface area contributed by atoms with Crippen LogP contribution in [0.5, 0.6) is 0 Å². The van der Waals surface area contributed by atoms with Crippen LogP contribution in [0.25, 0.3) is 0 Å². The number of rotatable bonds is 5. The van der Waals surface area contributed by atoms with Crippen molar-refractivity contribution < 1.29 is 24.2 Å². The zero-order valence-electron chi connectivity index (χ0n) is 22.4. The van der Waals surface area contributed by atoms with Gasteiger partial charge in [-0.1, -0.05) is 73.2 Å². The van der Waals surface area contributed by atoms with E-state index in [1.807, 2.05) is 62.4 Å². The fraction of sp³-hybridized carbons (Fsp3) is 0.387. The number of carbonyl (C=O) groups excluding carboxylic acids is 3. The highest BCUT2D eigenvalue weighted by molar-refractivity contribution is 6.34. The van der Waals surface area contributed by atoms with E-state index in [2.05, 4.69) is 0 Å². The molecule has 8 nitrogen and oxygen atoms in total. The molecule has 1 N–H and O–H groups in total. The molecule has 1 unspecified atom stereocenters. The minimum absolute atomic E-state index is 0.218. The van der Waals surface area contributed by atoms with Crippen LogP contribution in [0, 0.1) is 11.8 Å². The maximum atomic E-state index is 14.5. The number of para-hydroxylation sites is 2. The summed E-state index contributed by atoms with van der Waals surface area (Å²) >= 11 is 6.51. The molecule has 3 amide bonds. The van der Waals surface area contributed by atoms with Gasteiger partial charge in [-0.25, -0.2) is 0 Å². The molecular formula is C31H32ClN3O5.